The number of ketones is 1. The highest BCUT2D eigenvalue weighted by Crippen LogP contribution is 2.29. The van der Waals surface area contributed by atoms with Crippen LogP contribution in [0.1, 0.15) is 56.6 Å². The summed E-state index contributed by atoms with van der Waals surface area (Å²) < 4.78 is 16.4. The van der Waals surface area contributed by atoms with E-state index in [-0.39, 0.29) is 17.3 Å². The Hall–Kier alpha value is -3.67. The molecule has 0 saturated carbocycles. The molecule has 0 amide bonds. The van der Waals surface area contributed by atoms with Crippen LogP contribution in [0.5, 0.6) is 23.0 Å². The van der Waals surface area contributed by atoms with E-state index in [9.17, 15) is 15.0 Å². The molecule has 0 radical (unpaired) electrons. The summed E-state index contributed by atoms with van der Waals surface area (Å²) in [4.78, 5) is 12.1. The average molecular weight is 481 g/mol. The van der Waals surface area contributed by atoms with Crippen molar-refractivity contribution < 1.29 is 29.2 Å². The molecule has 0 aliphatic carbocycles. The fourth-order valence-corrected chi connectivity index (χ4v) is 3.37. The van der Waals surface area contributed by atoms with Gasteiger partial charge in [0.05, 0.1) is 20.8 Å². The first-order valence-corrected chi connectivity index (χ1v) is 12.0. The number of hydrogen-bond donors (Lipinski definition) is 2. The Morgan fingerprint density at radius 3 is 2.17 bits per heavy atom. The lowest BCUT2D eigenvalue weighted by Gasteiger charge is -2.11. The molecule has 2 aromatic carbocycles. The predicted molar refractivity (Wildman–Crippen MR) is 140 cm³/mol. The number of carbonyl (C=O) groups is 1. The topological polar surface area (TPSA) is 85.2 Å². The largest absolute Gasteiger partial charge is 0.508 e. The molecule has 6 nitrogen and oxygen atoms in total. The zero-order valence-electron chi connectivity index (χ0n) is 20.8. The summed E-state index contributed by atoms with van der Waals surface area (Å²) in [5, 5.41) is 19.7. The number of unbranched alkanes of at least 4 members (excludes halogenated alkanes) is 5. The Balaban J connectivity index is 1.91. The van der Waals surface area contributed by atoms with Crippen LogP contribution >= 0.6 is 0 Å². The van der Waals surface area contributed by atoms with Crippen molar-refractivity contribution in [2.75, 3.05) is 20.8 Å². The number of aliphatic hydroxyl groups is 1. The van der Waals surface area contributed by atoms with Crippen LogP contribution in [-0.2, 0) is 4.79 Å². The maximum absolute atomic E-state index is 12.1. The van der Waals surface area contributed by atoms with Crippen molar-refractivity contribution in [2.45, 2.75) is 45.4 Å². The fourth-order valence-electron chi connectivity index (χ4n) is 3.37. The summed E-state index contributed by atoms with van der Waals surface area (Å²) in [5.74, 6) is 1.08. The molecule has 2 rings (SSSR count). The lowest BCUT2D eigenvalue weighted by molar-refractivity contribution is -0.110. The highest BCUT2D eigenvalue weighted by atomic mass is 16.5. The number of aromatic hydroxyl groups is 1. The lowest BCUT2D eigenvalue weighted by Crippen LogP contribution is -1.99. The second kappa shape index (κ2) is 15.3. The molecule has 0 bridgehead atoms. The molecule has 0 saturated heterocycles. The number of ether oxygens (including phenoxy) is 3. The minimum absolute atomic E-state index is 0.0210. The van der Waals surface area contributed by atoms with E-state index in [4.69, 9.17) is 14.2 Å². The van der Waals surface area contributed by atoms with Crippen molar-refractivity contribution in [3.8, 4) is 23.0 Å². The van der Waals surface area contributed by atoms with Gasteiger partial charge in [-0.05, 0) is 54.0 Å². The van der Waals surface area contributed by atoms with Gasteiger partial charge in [0, 0.05) is 6.08 Å². The standard InChI is InChI=1S/C29H36O6/c1-4-5-6-7-8-9-18-35-27-17-13-23(20-29(27)34-3)11-15-25(31)21-24(30)14-10-22-12-16-26(32)28(19-22)33-2/h10-17,19-21,31-32H,4-9,18H2,1-3H3/b14-10+,15-11+,25-21-. The smallest absolute Gasteiger partial charge is 0.182 e. The predicted octanol–water partition coefficient (Wildman–Crippen LogP) is 6.89. The molecular formula is C29H36O6. The van der Waals surface area contributed by atoms with Gasteiger partial charge in [-0.15, -0.1) is 0 Å². The molecule has 0 aliphatic heterocycles. The molecule has 188 valence electrons. The zero-order valence-corrected chi connectivity index (χ0v) is 20.8. The van der Waals surface area contributed by atoms with Crippen LogP contribution in [0.3, 0.4) is 0 Å². The third-order valence-electron chi connectivity index (χ3n) is 5.32. The van der Waals surface area contributed by atoms with Crippen molar-refractivity contribution in [1.82, 2.24) is 0 Å². The summed E-state index contributed by atoms with van der Waals surface area (Å²) in [6.45, 7) is 2.86. The number of phenolic OH excluding ortho intramolecular Hbond substituents is 1. The normalized spacial score (nSPS) is 11.8. The Labute approximate surface area is 208 Å². The fraction of sp³-hybridized carbons (Fsp3) is 0.345. The van der Waals surface area contributed by atoms with Crippen molar-refractivity contribution in [3.63, 3.8) is 0 Å². The van der Waals surface area contributed by atoms with Gasteiger partial charge in [0.15, 0.2) is 28.8 Å². The van der Waals surface area contributed by atoms with Crippen molar-refractivity contribution in [2.24, 2.45) is 0 Å². The quantitative estimate of drug-likeness (QED) is 0.125. The van der Waals surface area contributed by atoms with Gasteiger partial charge in [0.25, 0.3) is 0 Å². The average Bonchev–Trinajstić information content (AvgIpc) is 2.86. The third-order valence-corrected chi connectivity index (χ3v) is 5.32. The van der Waals surface area contributed by atoms with E-state index >= 15 is 0 Å². The lowest BCUT2D eigenvalue weighted by atomic mass is 10.1. The van der Waals surface area contributed by atoms with E-state index in [0.29, 0.717) is 29.4 Å². The van der Waals surface area contributed by atoms with E-state index in [0.717, 1.165) is 24.5 Å². The van der Waals surface area contributed by atoms with Crippen LogP contribution in [0.25, 0.3) is 12.2 Å². The Bertz CT molecular complexity index is 1040. The maximum atomic E-state index is 12.1. The molecule has 35 heavy (non-hydrogen) atoms. The number of rotatable bonds is 15. The van der Waals surface area contributed by atoms with Crippen LogP contribution in [0.15, 0.2) is 60.4 Å². The molecule has 0 aliphatic rings. The molecule has 2 N–H and O–H groups in total. The highest BCUT2D eigenvalue weighted by molar-refractivity contribution is 6.02. The first kappa shape index (κ1) is 27.6. The van der Waals surface area contributed by atoms with E-state index in [1.807, 2.05) is 18.2 Å². The molecule has 0 atom stereocenters. The van der Waals surface area contributed by atoms with Gasteiger partial charge in [0.2, 0.25) is 0 Å². The maximum Gasteiger partial charge on any atom is 0.182 e. The summed E-state index contributed by atoms with van der Waals surface area (Å²) in [6, 6.07) is 10.3. The van der Waals surface area contributed by atoms with E-state index in [1.165, 1.54) is 51.0 Å². The van der Waals surface area contributed by atoms with Gasteiger partial charge < -0.3 is 24.4 Å². The number of carbonyl (C=O) groups excluding carboxylic acids is 1. The Morgan fingerprint density at radius 1 is 0.829 bits per heavy atom. The van der Waals surface area contributed by atoms with Crippen LogP contribution in [0.2, 0.25) is 0 Å². The molecule has 0 aromatic heterocycles. The molecule has 2 aromatic rings. The molecular weight excluding hydrogens is 444 g/mol. The minimum atomic E-state index is -0.379. The summed E-state index contributed by atoms with van der Waals surface area (Å²) >= 11 is 0. The van der Waals surface area contributed by atoms with Gasteiger partial charge >= 0.3 is 0 Å². The molecule has 0 heterocycles. The minimum Gasteiger partial charge on any atom is -0.508 e. The third kappa shape index (κ3) is 10.0. The first-order chi connectivity index (χ1) is 17.0. The van der Waals surface area contributed by atoms with Gasteiger partial charge in [-0.2, -0.15) is 0 Å². The van der Waals surface area contributed by atoms with E-state index in [2.05, 4.69) is 6.92 Å². The molecule has 0 fully saturated rings. The second-order valence-electron chi connectivity index (χ2n) is 8.10. The van der Waals surface area contributed by atoms with Crippen molar-refractivity contribution in [3.05, 3.63) is 71.5 Å². The van der Waals surface area contributed by atoms with Gasteiger partial charge in [-0.25, -0.2) is 0 Å². The number of benzene rings is 2. The Kier molecular flexibility index (Phi) is 12.0. The molecule has 0 spiro atoms. The van der Waals surface area contributed by atoms with Crippen LogP contribution < -0.4 is 14.2 Å². The summed E-state index contributed by atoms with van der Waals surface area (Å²) in [5.41, 5.74) is 1.48. The van der Waals surface area contributed by atoms with E-state index in [1.54, 1.807) is 31.4 Å². The van der Waals surface area contributed by atoms with E-state index < -0.39 is 0 Å². The number of allylic oxidation sites excluding steroid dienone is 3. The van der Waals surface area contributed by atoms with Crippen LogP contribution in [-0.4, -0.2) is 36.8 Å². The second-order valence-corrected chi connectivity index (χ2v) is 8.10. The van der Waals surface area contributed by atoms with Crippen molar-refractivity contribution >= 4 is 17.9 Å². The van der Waals surface area contributed by atoms with Gasteiger partial charge in [0.1, 0.15) is 5.76 Å². The summed E-state index contributed by atoms with van der Waals surface area (Å²) in [7, 11) is 3.04. The van der Waals surface area contributed by atoms with Crippen LogP contribution in [0, 0.1) is 0 Å². The number of methoxy groups -OCH3 is 2. The van der Waals surface area contributed by atoms with Crippen molar-refractivity contribution in [1.29, 1.82) is 0 Å². The molecule has 0 unspecified atom stereocenters. The zero-order chi connectivity index (χ0) is 25.5. The Morgan fingerprint density at radius 2 is 1.46 bits per heavy atom. The summed E-state index contributed by atoms with van der Waals surface area (Å²) in [6.07, 6.45) is 14.4. The monoisotopic (exact) mass is 480 g/mol. The van der Waals surface area contributed by atoms with Gasteiger partial charge in [-0.3, -0.25) is 4.79 Å². The van der Waals surface area contributed by atoms with Gasteiger partial charge in [-0.1, -0.05) is 63.3 Å². The number of phenols is 1. The first-order valence-electron chi connectivity index (χ1n) is 12.0. The van der Waals surface area contributed by atoms with Crippen LogP contribution in [0.4, 0.5) is 0 Å². The SMILES string of the molecule is CCCCCCCCOc1ccc(/C=C/C(O)=C/C(=O)/C=C/c2ccc(O)c(OC)c2)cc1OC. The number of aliphatic hydroxyl groups excluding tert-OH is 1. The number of hydrogen-bond acceptors (Lipinski definition) is 6. The highest BCUT2D eigenvalue weighted by Gasteiger charge is 2.05. The molecule has 6 heteroatoms.